The van der Waals surface area contributed by atoms with E-state index >= 15 is 0 Å². The third kappa shape index (κ3) is 4.49. The molecule has 4 heterocycles. The van der Waals surface area contributed by atoms with Gasteiger partial charge in [-0.1, -0.05) is 24.3 Å². The molecule has 0 amide bonds. The molecule has 0 spiro atoms. The summed E-state index contributed by atoms with van der Waals surface area (Å²) in [5, 5.41) is 4.41. The summed E-state index contributed by atoms with van der Waals surface area (Å²) in [7, 11) is 4.26. The Morgan fingerprint density at radius 3 is 2.33 bits per heavy atom. The van der Waals surface area contributed by atoms with Gasteiger partial charge in [0, 0.05) is 62.8 Å². The van der Waals surface area contributed by atoms with Crippen LogP contribution >= 0.6 is 0 Å². The standard InChI is InChI=1S/C31H37N9/c1-37-15-17-39(18-16-37)23-11-13-24(14-12-23)40-19-25(28-29(32)33-20-34-30(28)40)21-7-9-22(10-8-21)35-31-36-26-5-3-4-6-27(26)38(31)2/h3-10,19-20,23-24H,11-18H2,1-2H3,(H,35,36)(H2,32,33,34)/t23-,24-. The molecule has 2 fully saturated rings. The molecule has 7 rings (SSSR count). The lowest BCUT2D eigenvalue weighted by Gasteiger charge is -2.41. The highest BCUT2D eigenvalue weighted by Gasteiger charge is 2.30. The van der Waals surface area contributed by atoms with Crippen LogP contribution in [0.4, 0.5) is 17.5 Å². The third-order valence-electron chi connectivity index (χ3n) is 8.99. The van der Waals surface area contributed by atoms with E-state index in [0.29, 0.717) is 17.9 Å². The Morgan fingerprint density at radius 1 is 0.850 bits per heavy atom. The molecule has 0 unspecified atom stereocenters. The lowest BCUT2D eigenvalue weighted by molar-refractivity contribution is 0.0828. The Bertz CT molecular complexity index is 1640. The number of imidazole rings is 1. The summed E-state index contributed by atoms with van der Waals surface area (Å²) < 4.78 is 4.45. The third-order valence-corrected chi connectivity index (χ3v) is 8.99. The van der Waals surface area contributed by atoms with Crippen LogP contribution in [0.3, 0.4) is 0 Å². The molecule has 0 radical (unpaired) electrons. The number of nitrogens with two attached hydrogens (primary N) is 1. The van der Waals surface area contributed by atoms with Crippen LogP contribution in [0.5, 0.6) is 0 Å². The maximum atomic E-state index is 6.46. The fraction of sp³-hybridized carbons (Fsp3) is 0.387. The number of aryl methyl sites for hydroxylation is 1. The van der Waals surface area contributed by atoms with Gasteiger partial charge in [0.05, 0.1) is 16.4 Å². The Balaban J connectivity index is 1.13. The number of hydrogen-bond acceptors (Lipinski definition) is 7. The topological polar surface area (TPSA) is 93.1 Å². The van der Waals surface area contributed by atoms with Crippen LogP contribution in [0.1, 0.15) is 31.7 Å². The van der Waals surface area contributed by atoms with Crippen LogP contribution in [0.2, 0.25) is 0 Å². The monoisotopic (exact) mass is 535 g/mol. The molecule has 9 nitrogen and oxygen atoms in total. The van der Waals surface area contributed by atoms with E-state index in [0.717, 1.165) is 57.7 Å². The molecule has 206 valence electrons. The van der Waals surface area contributed by atoms with Crippen molar-refractivity contribution in [3.05, 3.63) is 61.1 Å². The number of nitrogens with one attached hydrogen (secondary N) is 1. The SMILES string of the molecule is CN1CCN([C@H]2CC[C@H](n3cc(-c4ccc(Nc5nc6ccccc6n5C)cc4)c4c(N)ncnc43)CC2)CC1. The summed E-state index contributed by atoms with van der Waals surface area (Å²) in [5.74, 6) is 1.35. The lowest BCUT2D eigenvalue weighted by Crippen LogP contribution is -2.49. The molecule has 1 aliphatic heterocycles. The molecule has 3 aromatic heterocycles. The summed E-state index contributed by atoms with van der Waals surface area (Å²) in [4.78, 5) is 19.0. The average Bonchev–Trinajstić information content (AvgIpc) is 3.53. The van der Waals surface area contributed by atoms with E-state index in [-0.39, 0.29) is 0 Å². The number of likely N-dealkylation sites (N-methyl/N-ethyl adjacent to an activating group) is 1. The summed E-state index contributed by atoms with van der Waals surface area (Å²) >= 11 is 0. The van der Waals surface area contributed by atoms with E-state index in [1.54, 1.807) is 6.33 Å². The Hall–Kier alpha value is -3.95. The number of anilines is 3. The van der Waals surface area contributed by atoms with Crippen LogP contribution < -0.4 is 11.1 Å². The zero-order valence-corrected chi connectivity index (χ0v) is 23.3. The van der Waals surface area contributed by atoms with Crippen LogP contribution in [-0.4, -0.2) is 73.2 Å². The number of para-hydroxylation sites is 2. The zero-order chi connectivity index (χ0) is 27.2. The Kier molecular flexibility index (Phi) is 6.40. The van der Waals surface area contributed by atoms with E-state index in [4.69, 9.17) is 15.7 Å². The first-order valence-corrected chi connectivity index (χ1v) is 14.4. The number of nitrogen functional groups attached to an aromatic ring is 1. The maximum Gasteiger partial charge on any atom is 0.208 e. The van der Waals surface area contributed by atoms with Crippen molar-refractivity contribution >= 4 is 39.5 Å². The predicted octanol–water partition coefficient (Wildman–Crippen LogP) is 5.04. The molecule has 40 heavy (non-hydrogen) atoms. The first kappa shape index (κ1) is 25.0. The summed E-state index contributed by atoms with van der Waals surface area (Å²) in [6.45, 7) is 4.73. The van der Waals surface area contributed by atoms with Crippen LogP contribution in [0.15, 0.2) is 61.1 Å². The van der Waals surface area contributed by atoms with Crippen molar-refractivity contribution in [2.75, 3.05) is 44.3 Å². The van der Waals surface area contributed by atoms with E-state index in [1.807, 2.05) is 25.2 Å². The van der Waals surface area contributed by atoms with Crippen molar-refractivity contribution in [2.45, 2.75) is 37.8 Å². The van der Waals surface area contributed by atoms with Crippen molar-refractivity contribution in [2.24, 2.45) is 7.05 Å². The highest BCUT2D eigenvalue weighted by Crippen LogP contribution is 2.39. The molecule has 2 aliphatic rings. The average molecular weight is 536 g/mol. The van der Waals surface area contributed by atoms with Gasteiger partial charge < -0.3 is 25.1 Å². The summed E-state index contributed by atoms with van der Waals surface area (Å²) in [6, 6.07) is 17.8. The second kappa shape index (κ2) is 10.2. The molecule has 3 N–H and O–H groups in total. The molecule has 1 aliphatic carbocycles. The number of benzene rings is 2. The van der Waals surface area contributed by atoms with Crippen molar-refractivity contribution < 1.29 is 0 Å². The maximum absolute atomic E-state index is 6.46. The second-order valence-electron chi connectivity index (χ2n) is 11.4. The molecule has 5 aromatic rings. The van der Waals surface area contributed by atoms with Crippen molar-refractivity contribution in [3.8, 4) is 11.1 Å². The lowest BCUT2D eigenvalue weighted by atomic mass is 9.89. The summed E-state index contributed by atoms with van der Waals surface area (Å²) in [5.41, 5.74) is 12.6. The molecule has 1 saturated heterocycles. The largest absolute Gasteiger partial charge is 0.383 e. The number of rotatable bonds is 5. The normalized spacial score (nSPS) is 20.9. The smallest absolute Gasteiger partial charge is 0.208 e. The van der Waals surface area contributed by atoms with Crippen LogP contribution in [-0.2, 0) is 7.05 Å². The molecule has 9 heteroatoms. The van der Waals surface area contributed by atoms with Gasteiger partial charge in [0.2, 0.25) is 5.95 Å². The molecule has 2 aromatic carbocycles. The van der Waals surface area contributed by atoms with Crippen molar-refractivity contribution in [1.82, 2.24) is 33.9 Å². The second-order valence-corrected chi connectivity index (χ2v) is 11.4. The van der Waals surface area contributed by atoms with Gasteiger partial charge in [-0.2, -0.15) is 0 Å². The van der Waals surface area contributed by atoms with Gasteiger partial charge in [0.25, 0.3) is 0 Å². The van der Waals surface area contributed by atoms with Gasteiger partial charge in [0.1, 0.15) is 17.8 Å². The molecule has 1 saturated carbocycles. The number of fused-ring (bicyclic) bond motifs is 2. The highest BCUT2D eigenvalue weighted by atomic mass is 15.3. The molecular formula is C31H37N9. The Morgan fingerprint density at radius 2 is 1.57 bits per heavy atom. The van der Waals surface area contributed by atoms with E-state index < -0.39 is 0 Å². The first-order valence-electron chi connectivity index (χ1n) is 14.4. The fourth-order valence-electron chi connectivity index (χ4n) is 6.61. The number of piperazine rings is 1. The van der Waals surface area contributed by atoms with Crippen molar-refractivity contribution in [1.29, 1.82) is 0 Å². The van der Waals surface area contributed by atoms with Gasteiger partial charge in [-0.05, 0) is 62.6 Å². The molecular weight excluding hydrogens is 498 g/mol. The van der Waals surface area contributed by atoms with E-state index in [1.165, 1.54) is 39.0 Å². The van der Waals surface area contributed by atoms with Gasteiger partial charge in [-0.15, -0.1) is 0 Å². The van der Waals surface area contributed by atoms with E-state index in [2.05, 4.69) is 72.8 Å². The molecule has 0 atom stereocenters. The zero-order valence-electron chi connectivity index (χ0n) is 23.3. The van der Waals surface area contributed by atoms with Crippen LogP contribution in [0.25, 0.3) is 33.2 Å². The number of aromatic nitrogens is 5. The molecule has 0 bridgehead atoms. The quantitative estimate of drug-likeness (QED) is 0.326. The van der Waals surface area contributed by atoms with Gasteiger partial charge in [-0.3, -0.25) is 4.90 Å². The van der Waals surface area contributed by atoms with Crippen molar-refractivity contribution in [3.63, 3.8) is 0 Å². The minimum absolute atomic E-state index is 0.424. The van der Waals surface area contributed by atoms with Gasteiger partial charge in [0.15, 0.2) is 0 Å². The van der Waals surface area contributed by atoms with E-state index in [9.17, 15) is 0 Å². The fourth-order valence-corrected chi connectivity index (χ4v) is 6.61. The minimum atomic E-state index is 0.424. The van der Waals surface area contributed by atoms with Crippen LogP contribution in [0, 0.1) is 0 Å². The highest BCUT2D eigenvalue weighted by molar-refractivity contribution is 6.00. The number of nitrogens with zero attached hydrogens (tertiary/aromatic N) is 7. The Labute approximate surface area is 234 Å². The summed E-state index contributed by atoms with van der Waals surface area (Å²) in [6.07, 6.45) is 8.62. The van der Waals surface area contributed by atoms with Gasteiger partial charge >= 0.3 is 0 Å². The predicted molar refractivity (Wildman–Crippen MR) is 162 cm³/mol. The minimum Gasteiger partial charge on any atom is -0.383 e. The number of hydrogen-bond donors (Lipinski definition) is 2. The van der Waals surface area contributed by atoms with Gasteiger partial charge in [-0.25, -0.2) is 15.0 Å². The first-order chi connectivity index (χ1) is 19.5.